The van der Waals surface area contributed by atoms with Crippen LogP contribution in [0.4, 0.5) is 0 Å². The highest BCUT2D eigenvalue weighted by Crippen LogP contribution is 2.20. The third-order valence-corrected chi connectivity index (χ3v) is 2.98. The lowest BCUT2D eigenvalue weighted by Crippen LogP contribution is -2.41. The molecule has 0 aromatic heterocycles. The zero-order chi connectivity index (χ0) is 14.3. The zero-order valence-corrected chi connectivity index (χ0v) is 11.4. The zero-order valence-electron chi connectivity index (χ0n) is 11.4. The van der Waals surface area contributed by atoms with Gasteiger partial charge in [-0.15, -0.1) is 0 Å². The van der Waals surface area contributed by atoms with Crippen LogP contribution in [0, 0.1) is 0 Å². The third kappa shape index (κ3) is 4.71. The summed E-state index contributed by atoms with van der Waals surface area (Å²) in [6, 6.07) is 9.43. The Morgan fingerprint density at radius 2 is 1.95 bits per heavy atom. The molecule has 1 atom stereocenters. The van der Waals surface area contributed by atoms with Gasteiger partial charge in [-0.3, -0.25) is 9.59 Å². The highest BCUT2D eigenvalue weighted by atomic mass is 16.2. The molecule has 0 saturated carbocycles. The van der Waals surface area contributed by atoms with Crippen molar-refractivity contribution in [1.29, 1.82) is 0 Å². The van der Waals surface area contributed by atoms with Crippen LogP contribution in [0.2, 0.25) is 0 Å². The molecule has 0 bridgehead atoms. The number of carbonyl (C=O) groups excluding carboxylic acids is 2. The minimum absolute atomic E-state index is 0.0569. The van der Waals surface area contributed by atoms with Gasteiger partial charge in [-0.1, -0.05) is 30.3 Å². The first-order valence-electron chi connectivity index (χ1n) is 6.33. The molecule has 0 spiro atoms. The Morgan fingerprint density at radius 1 is 1.32 bits per heavy atom. The lowest BCUT2D eigenvalue weighted by Gasteiger charge is -2.28. The number of nitrogens with two attached hydrogens (primary N) is 1. The summed E-state index contributed by atoms with van der Waals surface area (Å²) in [5.41, 5.74) is 6.21. The van der Waals surface area contributed by atoms with E-state index in [4.69, 9.17) is 5.73 Å². The Morgan fingerprint density at radius 3 is 2.47 bits per heavy atom. The van der Waals surface area contributed by atoms with Crippen molar-refractivity contribution in [3.05, 3.63) is 35.9 Å². The second-order valence-corrected chi connectivity index (χ2v) is 4.43. The first-order valence-corrected chi connectivity index (χ1v) is 6.33. The van der Waals surface area contributed by atoms with E-state index in [1.54, 1.807) is 7.05 Å². The van der Waals surface area contributed by atoms with E-state index < -0.39 is 5.91 Å². The van der Waals surface area contributed by atoms with Crippen molar-refractivity contribution in [3.63, 3.8) is 0 Å². The minimum atomic E-state index is -0.499. The number of hydrogen-bond acceptors (Lipinski definition) is 3. The van der Waals surface area contributed by atoms with Gasteiger partial charge in [-0.25, -0.2) is 0 Å². The van der Waals surface area contributed by atoms with E-state index in [0.717, 1.165) is 5.56 Å². The molecule has 0 aliphatic rings. The standard InChI is InChI=1S/C14H21N3O2/c1-11(12-6-4-3-5-7-12)17(10-13(15)18)14(19)8-9-16-2/h3-7,11,16H,8-10H2,1-2H3,(H2,15,18)/t11-/m1/s1. The van der Waals surface area contributed by atoms with Crippen LogP contribution in [0.15, 0.2) is 30.3 Å². The molecule has 0 unspecified atom stereocenters. The highest BCUT2D eigenvalue weighted by Gasteiger charge is 2.22. The molecule has 19 heavy (non-hydrogen) atoms. The number of benzene rings is 1. The number of primary amides is 1. The maximum absolute atomic E-state index is 12.1. The Hall–Kier alpha value is -1.88. The molecule has 1 rings (SSSR count). The topological polar surface area (TPSA) is 75.4 Å². The van der Waals surface area contributed by atoms with Crippen LogP contribution in [0.5, 0.6) is 0 Å². The Kier molecular flexibility index (Phi) is 6.02. The van der Waals surface area contributed by atoms with Crippen LogP contribution in [0.25, 0.3) is 0 Å². The molecular weight excluding hydrogens is 242 g/mol. The molecule has 0 radical (unpaired) electrons. The number of nitrogens with one attached hydrogen (secondary N) is 1. The minimum Gasteiger partial charge on any atom is -0.368 e. The van der Waals surface area contributed by atoms with E-state index in [0.29, 0.717) is 13.0 Å². The van der Waals surface area contributed by atoms with Crippen molar-refractivity contribution in [2.75, 3.05) is 20.1 Å². The number of nitrogens with zero attached hydrogens (tertiary/aromatic N) is 1. The number of amides is 2. The molecule has 1 aromatic rings. The lowest BCUT2D eigenvalue weighted by atomic mass is 10.1. The summed E-state index contributed by atoms with van der Waals surface area (Å²) in [5.74, 6) is -0.579. The monoisotopic (exact) mass is 263 g/mol. The highest BCUT2D eigenvalue weighted by molar-refractivity contribution is 5.84. The fourth-order valence-corrected chi connectivity index (χ4v) is 1.90. The first-order chi connectivity index (χ1) is 9.06. The number of hydrogen-bond donors (Lipinski definition) is 2. The van der Waals surface area contributed by atoms with Crippen LogP contribution in [-0.4, -0.2) is 36.9 Å². The molecule has 0 fully saturated rings. The van der Waals surface area contributed by atoms with E-state index in [1.165, 1.54) is 4.90 Å². The Bertz CT molecular complexity index is 420. The van der Waals surface area contributed by atoms with Gasteiger partial charge in [-0.05, 0) is 19.5 Å². The quantitative estimate of drug-likeness (QED) is 0.759. The summed E-state index contributed by atoms with van der Waals surface area (Å²) in [4.78, 5) is 24.8. The summed E-state index contributed by atoms with van der Waals surface area (Å²) >= 11 is 0. The van der Waals surface area contributed by atoms with E-state index in [9.17, 15) is 9.59 Å². The van der Waals surface area contributed by atoms with Crippen LogP contribution >= 0.6 is 0 Å². The van der Waals surface area contributed by atoms with Crippen molar-refractivity contribution in [3.8, 4) is 0 Å². The van der Waals surface area contributed by atoms with Crippen molar-refractivity contribution in [1.82, 2.24) is 10.2 Å². The number of rotatable bonds is 7. The molecule has 5 nitrogen and oxygen atoms in total. The van der Waals surface area contributed by atoms with Gasteiger partial charge in [0.15, 0.2) is 0 Å². The van der Waals surface area contributed by atoms with E-state index in [2.05, 4.69) is 5.32 Å². The van der Waals surface area contributed by atoms with Gasteiger partial charge in [0.05, 0.1) is 12.6 Å². The molecule has 0 heterocycles. The average Bonchev–Trinajstić information content (AvgIpc) is 2.42. The first kappa shape index (κ1) is 15.2. The van der Waals surface area contributed by atoms with Gasteiger partial charge in [0.2, 0.25) is 11.8 Å². The lowest BCUT2D eigenvalue weighted by molar-refractivity contribution is -0.137. The summed E-state index contributed by atoms with van der Waals surface area (Å²) in [6.45, 7) is 2.42. The molecule has 0 saturated heterocycles. The molecule has 5 heteroatoms. The second kappa shape index (κ2) is 7.53. The largest absolute Gasteiger partial charge is 0.368 e. The third-order valence-electron chi connectivity index (χ3n) is 2.98. The van der Waals surface area contributed by atoms with Crippen molar-refractivity contribution in [2.45, 2.75) is 19.4 Å². The van der Waals surface area contributed by atoms with Crippen LogP contribution in [-0.2, 0) is 9.59 Å². The Balaban J connectivity index is 2.84. The molecule has 104 valence electrons. The summed E-state index contributed by atoms with van der Waals surface area (Å²) < 4.78 is 0. The fraction of sp³-hybridized carbons (Fsp3) is 0.429. The van der Waals surface area contributed by atoms with Crippen molar-refractivity contribution >= 4 is 11.8 Å². The number of carbonyl (C=O) groups is 2. The molecule has 0 aliphatic carbocycles. The van der Waals surface area contributed by atoms with E-state index in [-0.39, 0.29) is 18.5 Å². The average molecular weight is 263 g/mol. The van der Waals surface area contributed by atoms with Gasteiger partial charge in [0.1, 0.15) is 0 Å². The normalized spacial score (nSPS) is 11.9. The van der Waals surface area contributed by atoms with E-state index in [1.807, 2.05) is 37.3 Å². The van der Waals surface area contributed by atoms with E-state index >= 15 is 0 Å². The van der Waals surface area contributed by atoms with Crippen molar-refractivity contribution < 1.29 is 9.59 Å². The maximum atomic E-state index is 12.1. The SMILES string of the molecule is CNCCC(=O)N(CC(N)=O)[C@H](C)c1ccccc1. The van der Waals surface area contributed by atoms with Crippen LogP contribution in [0.3, 0.4) is 0 Å². The van der Waals surface area contributed by atoms with Gasteiger partial charge < -0.3 is 16.0 Å². The van der Waals surface area contributed by atoms with Gasteiger partial charge >= 0.3 is 0 Å². The summed E-state index contributed by atoms with van der Waals surface area (Å²) in [5, 5.41) is 2.92. The van der Waals surface area contributed by atoms with Crippen molar-refractivity contribution in [2.24, 2.45) is 5.73 Å². The van der Waals surface area contributed by atoms with Crippen LogP contribution < -0.4 is 11.1 Å². The van der Waals surface area contributed by atoms with Gasteiger partial charge in [-0.2, -0.15) is 0 Å². The van der Waals surface area contributed by atoms with Gasteiger partial charge in [0.25, 0.3) is 0 Å². The predicted octanol–water partition coefficient (Wildman–Crippen LogP) is 0.671. The molecular formula is C14H21N3O2. The van der Waals surface area contributed by atoms with Crippen LogP contribution in [0.1, 0.15) is 24.9 Å². The second-order valence-electron chi connectivity index (χ2n) is 4.43. The molecule has 0 aliphatic heterocycles. The molecule has 3 N–H and O–H groups in total. The summed E-state index contributed by atoms with van der Waals surface area (Å²) in [7, 11) is 1.78. The Labute approximate surface area is 113 Å². The summed E-state index contributed by atoms with van der Waals surface area (Å²) in [6.07, 6.45) is 0.348. The smallest absolute Gasteiger partial charge is 0.237 e. The van der Waals surface area contributed by atoms with Gasteiger partial charge in [0, 0.05) is 13.0 Å². The maximum Gasteiger partial charge on any atom is 0.237 e. The predicted molar refractivity (Wildman–Crippen MR) is 74.3 cm³/mol. The fourth-order valence-electron chi connectivity index (χ4n) is 1.90. The molecule has 1 aromatic carbocycles. The molecule has 2 amide bonds.